The van der Waals surface area contributed by atoms with E-state index in [-0.39, 0.29) is 11.7 Å². The number of halogens is 1. The number of para-hydroxylation sites is 1. The summed E-state index contributed by atoms with van der Waals surface area (Å²) < 4.78 is 14.8. The van der Waals surface area contributed by atoms with Gasteiger partial charge in [-0.15, -0.1) is 0 Å². The molecule has 0 spiro atoms. The monoisotopic (exact) mass is 376 g/mol. The van der Waals surface area contributed by atoms with Crippen LogP contribution in [0.15, 0.2) is 73.1 Å². The maximum absolute atomic E-state index is 12.9. The van der Waals surface area contributed by atoms with Crippen molar-refractivity contribution in [2.24, 2.45) is 0 Å². The van der Waals surface area contributed by atoms with Gasteiger partial charge in [-0.1, -0.05) is 24.3 Å². The Hall–Kier alpha value is -3.25. The Kier molecular flexibility index (Phi) is 5.30. The molecule has 1 N–H and O–H groups in total. The van der Waals surface area contributed by atoms with Crippen molar-refractivity contribution in [1.82, 2.24) is 14.7 Å². The van der Waals surface area contributed by atoms with Crippen LogP contribution in [0.1, 0.15) is 12.0 Å². The van der Waals surface area contributed by atoms with Gasteiger partial charge in [-0.3, -0.25) is 9.69 Å². The molecule has 0 fully saturated rings. The molecule has 0 atom stereocenters. The van der Waals surface area contributed by atoms with Gasteiger partial charge in [0.05, 0.1) is 18.4 Å². The van der Waals surface area contributed by atoms with Crippen LogP contribution in [0.5, 0.6) is 0 Å². The van der Waals surface area contributed by atoms with Gasteiger partial charge in [0.2, 0.25) is 5.91 Å². The Labute approximate surface area is 163 Å². The maximum atomic E-state index is 12.9. The molecule has 2 heterocycles. The molecular formula is C22H21FN4O. The molecule has 0 saturated carbocycles. The number of aromatic nitrogens is 2. The Balaban J connectivity index is 1.34. The second-order valence-electron chi connectivity index (χ2n) is 6.78. The van der Waals surface area contributed by atoms with Crippen LogP contribution in [0.3, 0.4) is 0 Å². The minimum absolute atomic E-state index is 0.0969. The van der Waals surface area contributed by atoms with E-state index in [1.165, 1.54) is 17.7 Å². The highest BCUT2D eigenvalue weighted by atomic mass is 19.1. The van der Waals surface area contributed by atoms with Gasteiger partial charge in [-0.2, -0.15) is 5.10 Å². The summed E-state index contributed by atoms with van der Waals surface area (Å²) in [5, 5.41) is 7.25. The minimum Gasteiger partial charge on any atom is -0.325 e. The molecular weight excluding hydrogens is 355 g/mol. The number of hydrogen-bond acceptors (Lipinski definition) is 3. The van der Waals surface area contributed by atoms with Crippen molar-refractivity contribution in [3.8, 4) is 5.69 Å². The van der Waals surface area contributed by atoms with Crippen LogP contribution in [0.2, 0.25) is 0 Å². The van der Waals surface area contributed by atoms with Gasteiger partial charge >= 0.3 is 0 Å². The van der Waals surface area contributed by atoms with Crippen LogP contribution in [0, 0.1) is 5.82 Å². The molecule has 1 aromatic heterocycles. The van der Waals surface area contributed by atoms with Crippen LogP contribution in [-0.2, 0) is 4.79 Å². The third-order valence-electron chi connectivity index (χ3n) is 4.76. The summed E-state index contributed by atoms with van der Waals surface area (Å²) in [6, 6.07) is 15.8. The summed E-state index contributed by atoms with van der Waals surface area (Å²) in [5.41, 5.74) is 3.99. The van der Waals surface area contributed by atoms with E-state index in [2.05, 4.69) is 21.4 Å². The summed E-state index contributed by atoms with van der Waals surface area (Å²) in [5.74, 6) is -0.414. The van der Waals surface area contributed by atoms with Crippen LogP contribution in [-0.4, -0.2) is 40.2 Å². The normalized spacial score (nSPS) is 14.5. The zero-order valence-corrected chi connectivity index (χ0v) is 15.4. The number of rotatable bonds is 5. The number of carbonyl (C=O) groups excluding carboxylic acids is 1. The standard InChI is InChI=1S/C22H21FN4O/c23-19-6-8-20(9-7-19)25-22(28)16-26-12-10-17(11-13-26)18-14-24-27(15-18)21-4-2-1-3-5-21/h1-10,14-15H,11-13,16H2,(H,25,28). The van der Waals surface area contributed by atoms with E-state index >= 15 is 0 Å². The topological polar surface area (TPSA) is 50.2 Å². The van der Waals surface area contributed by atoms with Crippen LogP contribution < -0.4 is 5.32 Å². The number of benzene rings is 2. The number of nitrogens with one attached hydrogen (secondary N) is 1. The van der Waals surface area contributed by atoms with Crippen molar-refractivity contribution in [2.45, 2.75) is 6.42 Å². The lowest BCUT2D eigenvalue weighted by atomic mass is 10.0. The van der Waals surface area contributed by atoms with Crippen molar-refractivity contribution in [1.29, 1.82) is 0 Å². The van der Waals surface area contributed by atoms with Crippen molar-refractivity contribution in [3.05, 3.63) is 84.4 Å². The third-order valence-corrected chi connectivity index (χ3v) is 4.76. The van der Waals surface area contributed by atoms with Gasteiger partial charge in [0.25, 0.3) is 0 Å². The van der Waals surface area contributed by atoms with Gasteiger partial charge < -0.3 is 5.32 Å². The van der Waals surface area contributed by atoms with Gasteiger partial charge in [0.15, 0.2) is 0 Å². The smallest absolute Gasteiger partial charge is 0.238 e. The highest BCUT2D eigenvalue weighted by Gasteiger charge is 2.17. The first-order chi connectivity index (χ1) is 13.7. The number of anilines is 1. The maximum Gasteiger partial charge on any atom is 0.238 e. The second kappa shape index (κ2) is 8.19. The van der Waals surface area contributed by atoms with Gasteiger partial charge in [0, 0.05) is 30.5 Å². The number of hydrogen-bond donors (Lipinski definition) is 1. The molecule has 0 radical (unpaired) electrons. The van der Waals surface area contributed by atoms with Crippen LogP contribution in [0.4, 0.5) is 10.1 Å². The quantitative estimate of drug-likeness (QED) is 0.738. The predicted octanol–water partition coefficient (Wildman–Crippen LogP) is 3.74. The molecule has 4 rings (SSSR count). The largest absolute Gasteiger partial charge is 0.325 e. The fraction of sp³-hybridized carbons (Fsp3) is 0.182. The molecule has 3 aromatic rings. The first-order valence-corrected chi connectivity index (χ1v) is 9.25. The summed E-state index contributed by atoms with van der Waals surface area (Å²) in [4.78, 5) is 14.3. The Bertz CT molecular complexity index is 979. The van der Waals surface area contributed by atoms with E-state index < -0.39 is 0 Å². The average molecular weight is 376 g/mol. The summed E-state index contributed by atoms with van der Waals surface area (Å²) >= 11 is 0. The molecule has 1 aliphatic rings. The Morgan fingerprint density at radius 3 is 2.61 bits per heavy atom. The molecule has 142 valence electrons. The van der Waals surface area contributed by atoms with E-state index in [1.54, 1.807) is 12.1 Å². The highest BCUT2D eigenvalue weighted by molar-refractivity contribution is 5.92. The van der Waals surface area contributed by atoms with Gasteiger partial charge in [0.1, 0.15) is 5.82 Å². The van der Waals surface area contributed by atoms with E-state index in [0.717, 1.165) is 24.2 Å². The predicted molar refractivity (Wildman–Crippen MR) is 108 cm³/mol. The van der Waals surface area contributed by atoms with E-state index in [0.29, 0.717) is 18.8 Å². The molecule has 5 nitrogen and oxygen atoms in total. The highest BCUT2D eigenvalue weighted by Crippen LogP contribution is 2.23. The fourth-order valence-corrected chi connectivity index (χ4v) is 3.26. The number of amides is 1. The van der Waals surface area contributed by atoms with Crippen molar-refractivity contribution < 1.29 is 9.18 Å². The first kappa shape index (κ1) is 18.1. The van der Waals surface area contributed by atoms with E-state index in [1.807, 2.05) is 47.4 Å². The van der Waals surface area contributed by atoms with E-state index in [4.69, 9.17) is 0 Å². The molecule has 2 aromatic carbocycles. The van der Waals surface area contributed by atoms with Crippen LogP contribution >= 0.6 is 0 Å². The molecule has 1 amide bonds. The number of carbonyl (C=O) groups is 1. The summed E-state index contributed by atoms with van der Waals surface area (Å²) in [7, 11) is 0. The minimum atomic E-state index is -0.317. The summed E-state index contributed by atoms with van der Waals surface area (Å²) in [6.45, 7) is 1.83. The van der Waals surface area contributed by atoms with Crippen molar-refractivity contribution >= 4 is 17.2 Å². The van der Waals surface area contributed by atoms with Crippen molar-refractivity contribution in [3.63, 3.8) is 0 Å². The van der Waals surface area contributed by atoms with Gasteiger partial charge in [-0.25, -0.2) is 9.07 Å². The van der Waals surface area contributed by atoms with Crippen molar-refractivity contribution in [2.75, 3.05) is 25.0 Å². The lowest BCUT2D eigenvalue weighted by Crippen LogP contribution is -2.36. The molecule has 0 aliphatic carbocycles. The lowest BCUT2D eigenvalue weighted by molar-refractivity contribution is -0.117. The Morgan fingerprint density at radius 2 is 1.89 bits per heavy atom. The Morgan fingerprint density at radius 1 is 1.11 bits per heavy atom. The average Bonchev–Trinajstić information content (AvgIpc) is 3.21. The molecule has 0 saturated heterocycles. The molecule has 28 heavy (non-hydrogen) atoms. The SMILES string of the molecule is O=C(CN1CC=C(c2cnn(-c3ccccc3)c2)CC1)Nc1ccc(F)cc1. The molecule has 0 bridgehead atoms. The van der Waals surface area contributed by atoms with Gasteiger partial charge in [-0.05, 0) is 48.4 Å². The lowest BCUT2D eigenvalue weighted by Gasteiger charge is -2.25. The molecule has 6 heteroatoms. The zero-order chi connectivity index (χ0) is 19.3. The first-order valence-electron chi connectivity index (χ1n) is 9.25. The summed E-state index contributed by atoms with van der Waals surface area (Å²) in [6.07, 6.45) is 6.94. The molecule has 1 aliphatic heterocycles. The fourth-order valence-electron chi connectivity index (χ4n) is 3.26. The molecule has 0 unspecified atom stereocenters. The third kappa shape index (κ3) is 4.35. The van der Waals surface area contributed by atoms with Crippen LogP contribution in [0.25, 0.3) is 11.3 Å². The van der Waals surface area contributed by atoms with E-state index in [9.17, 15) is 9.18 Å². The second-order valence-corrected chi connectivity index (χ2v) is 6.78. The zero-order valence-electron chi connectivity index (χ0n) is 15.4. The number of nitrogens with zero attached hydrogens (tertiary/aromatic N) is 3.